The molecule has 0 unspecified atom stereocenters. The predicted molar refractivity (Wildman–Crippen MR) is 119 cm³/mol. The zero-order valence-electron chi connectivity index (χ0n) is 16.8. The highest BCUT2D eigenvalue weighted by Crippen LogP contribution is 2.23. The van der Waals surface area contributed by atoms with E-state index in [1.165, 1.54) is 11.8 Å². The van der Waals surface area contributed by atoms with Crippen LogP contribution in [-0.2, 0) is 12.3 Å². The molecule has 0 saturated carbocycles. The van der Waals surface area contributed by atoms with Gasteiger partial charge in [-0.25, -0.2) is 4.98 Å². The van der Waals surface area contributed by atoms with Gasteiger partial charge >= 0.3 is 0 Å². The number of aliphatic hydroxyl groups is 1. The molecule has 0 aliphatic carbocycles. The summed E-state index contributed by atoms with van der Waals surface area (Å²) in [7, 11) is 0. The molecule has 2 aromatic carbocycles. The van der Waals surface area contributed by atoms with Gasteiger partial charge in [0.25, 0.3) is 11.5 Å². The van der Waals surface area contributed by atoms with E-state index in [1.54, 1.807) is 10.6 Å². The molecule has 1 N–H and O–H groups in total. The monoisotopic (exact) mass is 423 g/mol. The van der Waals surface area contributed by atoms with Crippen LogP contribution in [0.5, 0.6) is 0 Å². The van der Waals surface area contributed by atoms with E-state index in [2.05, 4.69) is 4.98 Å². The molecule has 1 fully saturated rings. The lowest BCUT2D eigenvalue weighted by molar-refractivity contribution is 0.0793. The van der Waals surface area contributed by atoms with Gasteiger partial charge < -0.3 is 10.0 Å². The fourth-order valence-electron chi connectivity index (χ4n) is 3.68. The first-order valence-electron chi connectivity index (χ1n) is 10.3. The lowest BCUT2D eigenvalue weighted by atomic mass is 10.1. The Bertz CT molecular complexity index is 1090. The SMILES string of the molecule is O=C(c1ccc(CSc2nc3ccccc3c(=O)n2CCCO)cc1)N1CCCC1. The molecule has 1 saturated heterocycles. The van der Waals surface area contributed by atoms with E-state index in [0.717, 1.165) is 31.5 Å². The zero-order valence-corrected chi connectivity index (χ0v) is 17.6. The molecule has 3 aromatic rings. The Morgan fingerprint density at radius 3 is 2.53 bits per heavy atom. The first-order valence-corrected chi connectivity index (χ1v) is 11.3. The number of benzene rings is 2. The number of carbonyl (C=O) groups excluding carboxylic acids is 1. The van der Waals surface area contributed by atoms with Crippen molar-refractivity contribution in [2.24, 2.45) is 0 Å². The molecule has 1 aromatic heterocycles. The van der Waals surface area contributed by atoms with Gasteiger partial charge in [-0.3, -0.25) is 14.2 Å². The molecule has 0 spiro atoms. The number of nitrogens with zero attached hydrogens (tertiary/aromatic N) is 3. The molecule has 0 atom stereocenters. The molecule has 6 nitrogen and oxygen atoms in total. The first-order chi connectivity index (χ1) is 14.7. The van der Waals surface area contributed by atoms with Crippen molar-refractivity contribution in [3.05, 3.63) is 70.0 Å². The molecule has 4 rings (SSSR count). The number of thioether (sulfide) groups is 1. The Hall–Kier alpha value is -2.64. The average molecular weight is 424 g/mol. The Balaban J connectivity index is 1.52. The number of aliphatic hydroxyl groups excluding tert-OH is 1. The van der Waals surface area contributed by atoms with E-state index in [1.807, 2.05) is 47.4 Å². The molecule has 1 aliphatic heterocycles. The Morgan fingerprint density at radius 1 is 1.07 bits per heavy atom. The van der Waals surface area contributed by atoms with Crippen LogP contribution in [0.1, 0.15) is 35.2 Å². The van der Waals surface area contributed by atoms with Gasteiger partial charge in [-0.15, -0.1) is 0 Å². The van der Waals surface area contributed by atoms with E-state index < -0.39 is 0 Å². The number of aromatic nitrogens is 2. The summed E-state index contributed by atoms with van der Waals surface area (Å²) in [4.78, 5) is 32.0. The van der Waals surface area contributed by atoms with Crippen LogP contribution in [0.15, 0.2) is 58.5 Å². The van der Waals surface area contributed by atoms with Crippen molar-refractivity contribution < 1.29 is 9.90 Å². The minimum Gasteiger partial charge on any atom is -0.396 e. The highest BCUT2D eigenvalue weighted by atomic mass is 32.2. The van der Waals surface area contributed by atoms with Crippen molar-refractivity contribution in [3.63, 3.8) is 0 Å². The second kappa shape index (κ2) is 9.45. The summed E-state index contributed by atoms with van der Waals surface area (Å²) >= 11 is 1.49. The van der Waals surface area contributed by atoms with E-state index in [0.29, 0.717) is 40.3 Å². The maximum absolute atomic E-state index is 12.9. The molecule has 0 radical (unpaired) electrons. The van der Waals surface area contributed by atoms with Gasteiger partial charge in [0.05, 0.1) is 10.9 Å². The summed E-state index contributed by atoms with van der Waals surface area (Å²) in [6.07, 6.45) is 2.66. The van der Waals surface area contributed by atoms with Gasteiger partial charge in [-0.2, -0.15) is 0 Å². The number of para-hydroxylation sites is 1. The summed E-state index contributed by atoms with van der Waals surface area (Å²) in [6.45, 7) is 2.14. The van der Waals surface area contributed by atoms with E-state index in [9.17, 15) is 14.7 Å². The Morgan fingerprint density at radius 2 is 1.80 bits per heavy atom. The summed E-state index contributed by atoms with van der Waals surface area (Å²) < 4.78 is 1.65. The predicted octanol–water partition coefficient (Wildman–Crippen LogP) is 3.31. The third kappa shape index (κ3) is 4.42. The van der Waals surface area contributed by atoms with Crippen LogP contribution in [0.25, 0.3) is 10.9 Å². The fraction of sp³-hybridized carbons (Fsp3) is 0.348. The van der Waals surface area contributed by atoms with Crippen LogP contribution in [-0.4, -0.2) is 45.2 Å². The smallest absolute Gasteiger partial charge is 0.262 e. The van der Waals surface area contributed by atoms with E-state index in [-0.39, 0.29) is 18.1 Å². The minimum atomic E-state index is -0.0805. The number of fused-ring (bicyclic) bond motifs is 1. The highest BCUT2D eigenvalue weighted by molar-refractivity contribution is 7.98. The molecule has 30 heavy (non-hydrogen) atoms. The normalized spacial score (nSPS) is 13.8. The zero-order chi connectivity index (χ0) is 20.9. The van der Waals surface area contributed by atoms with Gasteiger partial charge in [-0.1, -0.05) is 36.0 Å². The van der Waals surface area contributed by atoms with Crippen molar-refractivity contribution in [3.8, 4) is 0 Å². The van der Waals surface area contributed by atoms with Gasteiger partial charge in [-0.05, 0) is 49.1 Å². The van der Waals surface area contributed by atoms with Crippen molar-refractivity contribution >= 4 is 28.6 Å². The van der Waals surface area contributed by atoms with Gasteiger partial charge in [0.2, 0.25) is 0 Å². The standard InChI is InChI=1S/C23H25N3O3S/c27-15-5-14-26-22(29)19-6-1-2-7-20(19)24-23(26)30-16-17-8-10-18(11-9-17)21(28)25-12-3-4-13-25/h1-2,6-11,27H,3-5,12-16H2. The molecule has 1 amide bonds. The number of likely N-dealkylation sites (tertiary alicyclic amines) is 1. The number of hydrogen-bond donors (Lipinski definition) is 1. The average Bonchev–Trinajstić information content (AvgIpc) is 3.32. The van der Waals surface area contributed by atoms with Crippen LogP contribution in [0, 0.1) is 0 Å². The summed E-state index contributed by atoms with van der Waals surface area (Å²) in [6, 6.07) is 15.0. The van der Waals surface area contributed by atoms with Gasteiger partial charge in [0, 0.05) is 37.6 Å². The van der Waals surface area contributed by atoms with E-state index in [4.69, 9.17) is 0 Å². The highest BCUT2D eigenvalue weighted by Gasteiger charge is 2.19. The maximum Gasteiger partial charge on any atom is 0.262 e. The third-order valence-corrected chi connectivity index (χ3v) is 6.38. The van der Waals surface area contributed by atoms with Crippen LogP contribution in [0.2, 0.25) is 0 Å². The first kappa shape index (κ1) is 20.6. The van der Waals surface area contributed by atoms with Crippen LogP contribution in [0.3, 0.4) is 0 Å². The summed E-state index contributed by atoms with van der Waals surface area (Å²) in [5, 5.41) is 10.4. The number of rotatable bonds is 7. The largest absolute Gasteiger partial charge is 0.396 e. The fourth-order valence-corrected chi connectivity index (χ4v) is 4.66. The van der Waals surface area contributed by atoms with Crippen molar-refractivity contribution in [2.75, 3.05) is 19.7 Å². The van der Waals surface area contributed by atoms with E-state index >= 15 is 0 Å². The summed E-state index contributed by atoms with van der Waals surface area (Å²) in [5.74, 6) is 0.739. The second-order valence-corrected chi connectivity index (χ2v) is 8.37. The second-order valence-electron chi connectivity index (χ2n) is 7.43. The lowest BCUT2D eigenvalue weighted by Gasteiger charge is -2.15. The minimum absolute atomic E-state index is 0.0237. The summed E-state index contributed by atoms with van der Waals surface area (Å²) in [5.41, 5.74) is 2.38. The molecular formula is C23H25N3O3S. The Labute approximate surface area is 179 Å². The van der Waals surface area contributed by atoms with Crippen LogP contribution < -0.4 is 5.56 Å². The lowest BCUT2D eigenvalue weighted by Crippen LogP contribution is -2.27. The molecule has 0 bridgehead atoms. The van der Waals surface area contributed by atoms with Gasteiger partial charge in [0.15, 0.2) is 5.16 Å². The molecular weight excluding hydrogens is 398 g/mol. The van der Waals surface area contributed by atoms with Crippen molar-refractivity contribution in [1.82, 2.24) is 14.5 Å². The molecule has 2 heterocycles. The third-order valence-electron chi connectivity index (χ3n) is 5.33. The van der Waals surface area contributed by atoms with Gasteiger partial charge in [0.1, 0.15) is 0 Å². The quantitative estimate of drug-likeness (QED) is 0.466. The van der Waals surface area contributed by atoms with Crippen LogP contribution >= 0.6 is 11.8 Å². The number of hydrogen-bond acceptors (Lipinski definition) is 5. The topological polar surface area (TPSA) is 75.4 Å². The van der Waals surface area contributed by atoms with Crippen molar-refractivity contribution in [2.45, 2.75) is 36.7 Å². The molecule has 1 aliphatic rings. The molecule has 7 heteroatoms. The number of amides is 1. The van der Waals surface area contributed by atoms with Crippen molar-refractivity contribution in [1.29, 1.82) is 0 Å². The molecule has 156 valence electrons. The Kier molecular flexibility index (Phi) is 6.50. The van der Waals surface area contributed by atoms with Crippen LogP contribution in [0.4, 0.5) is 0 Å². The number of carbonyl (C=O) groups is 1. The maximum atomic E-state index is 12.9.